The lowest BCUT2D eigenvalue weighted by molar-refractivity contribution is -0.140. The number of Topliss-reactive ketones (excluding diaryl/α,β-unsaturated/α-hetero) is 1. The summed E-state index contributed by atoms with van der Waals surface area (Å²) in [4.78, 5) is 34.1. The summed E-state index contributed by atoms with van der Waals surface area (Å²) in [6.45, 7) is 8.80. The van der Waals surface area contributed by atoms with Gasteiger partial charge in [-0.3, -0.25) is 14.4 Å². The van der Waals surface area contributed by atoms with Crippen molar-refractivity contribution in [3.63, 3.8) is 0 Å². The van der Waals surface area contributed by atoms with Crippen LogP contribution in [0.25, 0.3) is 0 Å². The highest BCUT2D eigenvalue weighted by molar-refractivity contribution is 5.86. The van der Waals surface area contributed by atoms with Crippen LogP contribution in [-0.4, -0.2) is 40.5 Å². The van der Waals surface area contributed by atoms with Crippen LogP contribution in [0, 0.1) is 16.7 Å². The molecule has 0 radical (unpaired) electrons. The molecule has 0 aromatic carbocycles. The molecule has 0 spiro atoms. The van der Waals surface area contributed by atoms with Crippen molar-refractivity contribution in [2.75, 3.05) is 6.54 Å². The number of carboxylic acid groups (broad SMARTS) is 2. The third-order valence-corrected chi connectivity index (χ3v) is 6.04. The Kier molecular flexibility index (Phi) is 7.60. The molecular weight excluding hydrogens is 322 g/mol. The summed E-state index contributed by atoms with van der Waals surface area (Å²) >= 11 is 0. The molecule has 1 atom stereocenters. The molecule has 0 bridgehead atoms. The predicted octanol–water partition coefficient (Wildman–Crippen LogP) is 3.10. The van der Waals surface area contributed by atoms with E-state index in [4.69, 9.17) is 5.11 Å². The summed E-state index contributed by atoms with van der Waals surface area (Å²) in [6.07, 6.45) is 4.00. The molecule has 0 aliphatic heterocycles. The second-order valence-electron chi connectivity index (χ2n) is 8.28. The highest BCUT2D eigenvalue weighted by Gasteiger charge is 2.67. The molecule has 0 saturated heterocycles. The summed E-state index contributed by atoms with van der Waals surface area (Å²) in [6, 6.07) is -0.646. The average molecular weight is 355 g/mol. The average Bonchev–Trinajstić information content (AvgIpc) is 2.89. The first-order chi connectivity index (χ1) is 11.5. The van der Waals surface area contributed by atoms with Gasteiger partial charge in [0, 0.05) is 25.3 Å². The zero-order chi connectivity index (χ0) is 19.3. The number of nitrogens with one attached hydrogen (secondary N) is 1. The van der Waals surface area contributed by atoms with Crippen LogP contribution in [0.4, 0.5) is 0 Å². The van der Waals surface area contributed by atoms with Crippen molar-refractivity contribution >= 4 is 17.7 Å². The van der Waals surface area contributed by atoms with Crippen molar-refractivity contribution in [3.8, 4) is 0 Å². The fraction of sp³-hybridized carbons (Fsp3) is 0.842. The highest BCUT2D eigenvalue weighted by Crippen LogP contribution is 2.68. The van der Waals surface area contributed by atoms with E-state index < -0.39 is 18.0 Å². The molecule has 25 heavy (non-hydrogen) atoms. The van der Waals surface area contributed by atoms with Crippen molar-refractivity contribution in [1.29, 1.82) is 0 Å². The van der Waals surface area contributed by atoms with Gasteiger partial charge in [0.2, 0.25) is 0 Å². The van der Waals surface area contributed by atoms with Crippen LogP contribution in [0.2, 0.25) is 0 Å². The van der Waals surface area contributed by atoms with E-state index in [-0.39, 0.29) is 29.0 Å². The topological polar surface area (TPSA) is 104 Å². The highest BCUT2D eigenvalue weighted by atomic mass is 16.4. The van der Waals surface area contributed by atoms with E-state index >= 15 is 0 Å². The van der Waals surface area contributed by atoms with E-state index in [1.165, 1.54) is 0 Å². The van der Waals surface area contributed by atoms with Gasteiger partial charge in [-0.2, -0.15) is 0 Å². The third-order valence-electron chi connectivity index (χ3n) is 6.04. The number of hydrogen-bond donors (Lipinski definition) is 3. The van der Waals surface area contributed by atoms with Crippen molar-refractivity contribution in [2.24, 2.45) is 16.7 Å². The molecule has 3 N–H and O–H groups in total. The van der Waals surface area contributed by atoms with E-state index in [1.807, 2.05) is 0 Å². The van der Waals surface area contributed by atoms with Crippen LogP contribution < -0.4 is 5.32 Å². The summed E-state index contributed by atoms with van der Waals surface area (Å²) < 4.78 is 0. The second-order valence-corrected chi connectivity index (χ2v) is 8.28. The molecule has 1 unspecified atom stereocenters. The zero-order valence-electron chi connectivity index (χ0n) is 15.9. The number of unbranched alkanes of at least 4 members (excludes halogenated alkanes) is 3. The number of carboxylic acids is 2. The first-order valence-corrected chi connectivity index (χ1v) is 9.22. The Morgan fingerprint density at radius 3 is 1.96 bits per heavy atom. The largest absolute Gasteiger partial charge is 0.481 e. The number of aliphatic carboxylic acids is 2. The lowest BCUT2D eigenvalue weighted by Gasteiger charge is -2.14. The Morgan fingerprint density at radius 2 is 1.48 bits per heavy atom. The molecule has 6 heteroatoms. The van der Waals surface area contributed by atoms with E-state index in [2.05, 4.69) is 33.0 Å². The summed E-state index contributed by atoms with van der Waals surface area (Å²) in [5.41, 5.74) is 0.0401. The van der Waals surface area contributed by atoms with Gasteiger partial charge in [-0.1, -0.05) is 47.0 Å². The van der Waals surface area contributed by atoms with Crippen molar-refractivity contribution in [3.05, 3.63) is 0 Å². The van der Waals surface area contributed by atoms with Gasteiger partial charge < -0.3 is 15.5 Å². The SMILES string of the molecule is CC1(C)C(C(=O)CCNC(CCCCCCC(=O)O)C(=O)O)C1(C)C. The van der Waals surface area contributed by atoms with Gasteiger partial charge in [-0.25, -0.2) is 0 Å². The van der Waals surface area contributed by atoms with Gasteiger partial charge in [0.05, 0.1) is 0 Å². The molecule has 0 heterocycles. The lowest BCUT2D eigenvalue weighted by atomic mass is 10.0. The first kappa shape index (κ1) is 21.6. The van der Waals surface area contributed by atoms with Gasteiger partial charge in [-0.05, 0) is 23.7 Å². The molecule has 0 aromatic heterocycles. The molecule has 6 nitrogen and oxygen atoms in total. The molecule has 1 aliphatic carbocycles. The van der Waals surface area contributed by atoms with Crippen LogP contribution in [0.5, 0.6) is 0 Å². The van der Waals surface area contributed by atoms with Crippen LogP contribution in [0.15, 0.2) is 0 Å². The fourth-order valence-electron chi connectivity index (χ4n) is 3.81. The monoisotopic (exact) mass is 355 g/mol. The quantitative estimate of drug-likeness (QED) is 0.439. The Balaban J connectivity index is 2.24. The predicted molar refractivity (Wildman–Crippen MR) is 95.4 cm³/mol. The van der Waals surface area contributed by atoms with Crippen LogP contribution in [-0.2, 0) is 14.4 Å². The minimum atomic E-state index is -0.898. The minimum absolute atomic E-state index is 0.0201. The maximum atomic E-state index is 12.3. The standard InChI is InChI=1S/C19H33NO5/c1-18(2)16(19(18,3)4)14(21)11-12-20-13(17(24)25)9-7-5-6-8-10-15(22)23/h13,16,20H,5-12H2,1-4H3,(H,22,23)(H,24,25). The van der Waals surface area contributed by atoms with Gasteiger partial charge in [0.25, 0.3) is 0 Å². The Morgan fingerprint density at radius 1 is 0.920 bits per heavy atom. The lowest BCUT2D eigenvalue weighted by Crippen LogP contribution is -2.38. The summed E-state index contributed by atoms with van der Waals surface area (Å²) in [5.74, 6) is -1.43. The molecule has 1 saturated carbocycles. The normalized spacial score (nSPS) is 19.4. The van der Waals surface area contributed by atoms with Gasteiger partial charge in [0.1, 0.15) is 11.8 Å². The Hall–Kier alpha value is -1.43. The number of carbonyl (C=O) groups excluding carboxylic acids is 1. The van der Waals surface area contributed by atoms with Crippen molar-refractivity contribution in [2.45, 2.75) is 78.7 Å². The zero-order valence-corrected chi connectivity index (χ0v) is 15.9. The maximum Gasteiger partial charge on any atom is 0.320 e. The third kappa shape index (κ3) is 5.80. The van der Waals surface area contributed by atoms with Gasteiger partial charge >= 0.3 is 11.9 Å². The minimum Gasteiger partial charge on any atom is -0.481 e. The Bertz CT molecular complexity index is 484. The molecular formula is C19H33NO5. The Labute approximate surface area is 150 Å². The van der Waals surface area contributed by atoms with E-state index in [1.54, 1.807) is 0 Å². The van der Waals surface area contributed by atoms with Gasteiger partial charge in [0.15, 0.2) is 0 Å². The maximum absolute atomic E-state index is 12.3. The summed E-state index contributed by atoms with van der Waals surface area (Å²) in [5, 5.41) is 20.8. The van der Waals surface area contributed by atoms with E-state index in [0.29, 0.717) is 25.8 Å². The molecule has 0 amide bonds. The number of rotatable bonds is 13. The molecule has 1 fully saturated rings. The number of hydrogen-bond acceptors (Lipinski definition) is 4. The smallest absolute Gasteiger partial charge is 0.320 e. The molecule has 1 rings (SSSR count). The number of ketones is 1. The summed E-state index contributed by atoms with van der Waals surface area (Å²) in [7, 11) is 0. The number of carbonyl (C=O) groups is 3. The molecule has 0 aromatic rings. The van der Waals surface area contributed by atoms with Crippen LogP contribution >= 0.6 is 0 Å². The fourth-order valence-corrected chi connectivity index (χ4v) is 3.81. The second kappa shape index (κ2) is 8.79. The molecule has 1 aliphatic rings. The van der Waals surface area contributed by atoms with Gasteiger partial charge in [-0.15, -0.1) is 0 Å². The van der Waals surface area contributed by atoms with E-state index in [9.17, 15) is 19.5 Å². The van der Waals surface area contributed by atoms with Crippen LogP contribution in [0.1, 0.15) is 72.6 Å². The van der Waals surface area contributed by atoms with Crippen molar-refractivity contribution < 1.29 is 24.6 Å². The molecule has 144 valence electrons. The van der Waals surface area contributed by atoms with E-state index in [0.717, 1.165) is 19.3 Å². The van der Waals surface area contributed by atoms with Crippen LogP contribution in [0.3, 0.4) is 0 Å². The first-order valence-electron chi connectivity index (χ1n) is 9.22. The van der Waals surface area contributed by atoms with Crippen molar-refractivity contribution in [1.82, 2.24) is 5.32 Å².